The summed E-state index contributed by atoms with van der Waals surface area (Å²) in [5.41, 5.74) is -2.52. The van der Waals surface area contributed by atoms with E-state index in [2.05, 4.69) is 4.72 Å². The molecular weight excluding hydrogens is 397 g/mol. The van der Waals surface area contributed by atoms with Crippen LogP contribution in [-0.4, -0.2) is 26.2 Å². The van der Waals surface area contributed by atoms with Gasteiger partial charge in [-0.1, -0.05) is 12.1 Å². The Morgan fingerprint density at radius 3 is 2.32 bits per heavy atom. The molecule has 3 rings (SSSR count). The number of halogens is 3. The van der Waals surface area contributed by atoms with Crippen LogP contribution in [0.15, 0.2) is 42.5 Å². The predicted octanol–water partition coefficient (Wildman–Crippen LogP) is 3.91. The Labute approximate surface area is 160 Å². The molecule has 0 spiro atoms. The molecule has 150 valence electrons. The van der Waals surface area contributed by atoms with Crippen LogP contribution in [0, 0.1) is 0 Å². The number of benzene rings is 2. The van der Waals surface area contributed by atoms with Crippen LogP contribution in [0.1, 0.15) is 19.4 Å². The number of sulfonamides is 1. The second kappa shape index (κ2) is 6.40. The SMILES string of the molecule is CC1(C)Oc2cc(NS(C)(=O)=O)ccc2N(c2ccccc2C(F)(F)F)C1=O. The molecule has 0 bridgehead atoms. The maximum atomic E-state index is 13.5. The van der Waals surface area contributed by atoms with Crippen molar-refractivity contribution < 1.29 is 31.1 Å². The number of carbonyl (C=O) groups is 1. The van der Waals surface area contributed by atoms with Gasteiger partial charge in [0, 0.05) is 6.07 Å². The summed E-state index contributed by atoms with van der Waals surface area (Å²) in [6.45, 7) is 2.86. The molecular formula is C18H17F3N2O4S. The molecule has 1 aliphatic heterocycles. The Bertz CT molecular complexity index is 1050. The van der Waals surface area contributed by atoms with Crippen LogP contribution in [-0.2, 0) is 21.0 Å². The molecule has 2 aromatic rings. The van der Waals surface area contributed by atoms with E-state index < -0.39 is 33.3 Å². The minimum absolute atomic E-state index is 0.0789. The van der Waals surface area contributed by atoms with Gasteiger partial charge < -0.3 is 4.74 Å². The molecule has 0 radical (unpaired) electrons. The third-order valence-corrected chi connectivity index (χ3v) is 4.64. The van der Waals surface area contributed by atoms with Gasteiger partial charge in [0.1, 0.15) is 5.75 Å². The van der Waals surface area contributed by atoms with Crippen molar-refractivity contribution in [1.82, 2.24) is 0 Å². The highest BCUT2D eigenvalue weighted by Gasteiger charge is 2.45. The minimum Gasteiger partial charge on any atom is -0.476 e. The largest absolute Gasteiger partial charge is 0.476 e. The molecule has 10 heteroatoms. The third-order valence-electron chi connectivity index (χ3n) is 4.04. The predicted molar refractivity (Wildman–Crippen MR) is 98.2 cm³/mol. The molecule has 0 fully saturated rings. The molecule has 0 aliphatic carbocycles. The molecule has 2 aromatic carbocycles. The summed E-state index contributed by atoms with van der Waals surface area (Å²) >= 11 is 0. The van der Waals surface area contributed by atoms with Crippen LogP contribution in [0.5, 0.6) is 5.75 Å². The monoisotopic (exact) mass is 414 g/mol. The number of nitrogens with zero attached hydrogens (tertiary/aromatic N) is 1. The fourth-order valence-corrected chi connectivity index (χ4v) is 3.46. The fraction of sp³-hybridized carbons (Fsp3) is 0.278. The zero-order chi connectivity index (χ0) is 20.9. The van der Waals surface area contributed by atoms with Crippen LogP contribution in [0.3, 0.4) is 0 Å². The summed E-state index contributed by atoms with van der Waals surface area (Å²) in [4.78, 5) is 13.9. The second-order valence-electron chi connectivity index (χ2n) is 6.82. The molecule has 0 saturated carbocycles. The summed E-state index contributed by atoms with van der Waals surface area (Å²) in [5, 5.41) is 0. The van der Waals surface area contributed by atoms with Crippen molar-refractivity contribution in [3.63, 3.8) is 0 Å². The number of carbonyl (C=O) groups excluding carboxylic acids is 1. The van der Waals surface area contributed by atoms with Crippen LogP contribution >= 0.6 is 0 Å². The third kappa shape index (κ3) is 3.77. The molecule has 0 saturated heterocycles. The molecule has 28 heavy (non-hydrogen) atoms. The number of anilines is 3. The summed E-state index contributed by atoms with van der Waals surface area (Å²) < 4.78 is 71.3. The Morgan fingerprint density at radius 1 is 1.07 bits per heavy atom. The second-order valence-corrected chi connectivity index (χ2v) is 8.57. The molecule has 6 nitrogen and oxygen atoms in total. The summed E-state index contributed by atoms with van der Waals surface area (Å²) in [6, 6.07) is 8.75. The summed E-state index contributed by atoms with van der Waals surface area (Å²) in [5.74, 6) is -0.601. The van der Waals surface area contributed by atoms with Crippen molar-refractivity contribution in [3.05, 3.63) is 48.0 Å². The lowest BCUT2D eigenvalue weighted by Crippen LogP contribution is -2.51. The first kappa shape index (κ1) is 20.0. The van der Waals surface area contributed by atoms with E-state index in [-0.39, 0.29) is 22.8 Å². The van der Waals surface area contributed by atoms with Crippen molar-refractivity contribution in [2.45, 2.75) is 25.6 Å². The number of rotatable bonds is 3. The zero-order valence-electron chi connectivity index (χ0n) is 15.2. The van der Waals surface area contributed by atoms with Gasteiger partial charge in [-0.3, -0.25) is 14.4 Å². The summed E-state index contributed by atoms with van der Waals surface area (Å²) in [6.07, 6.45) is -3.70. The highest BCUT2D eigenvalue weighted by Crippen LogP contribution is 2.46. The van der Waals surface area contributed by atoms with Gasteiger partial charge in [0.2, 0.25) is 10.0 Å². The number of hydrogen-bond acceptors (Lipinski definition) is 4. The van der Waals surface area contributed by atoms with E-state index in [0.29, 0.717) is 0 Å². The van der Waals surface area contributed by atoms with Gasteiger partial charge in [-0.25, -0.2) is 8.42 Å². The number of nitrogens with one attached hydrogen (secondary N) is 1. The topological polar surface area (TPSA) is 75.7 Å². The maximum absolute atomic E-state index is 13.5. The number of amides is 1. The Morgan fingerprint density at radius 2 is 1.71 bits per heavy atom. The van der Waals surface area contributed by atoms with Crippen LogP contribution < -0.4 is 14.4 Å². The quantitative estimate of drug-likeness (QED) is 0.826. The lowest BCUT2D eigenvalue weighted by Gasteiger charge is -2.39. The van der Waals surface area contributed by atoms with Crippen LogP contribution in [0.4, 0.5) is 30.2 Å². The van der Waals surface area contributed by atoms with Crippen molar-refractivity contribution in [2.24, 2.45) is 0 Å². The van der Waals surface area contributed by atoms with Gasteiger partial charge in [0.05, 0.1) is 28.9 Å². The fourth-order valence-electron chi connectivity index (χ4n) is 2.90. The van der Waals surface area contributed by atoms with Gasteiger partial charge in [-0.05, 0) is 38.1 Å². The van der Waals surface area contributed by atoms with Gasteiger partial charge >= 0.3 is 6.18 Å². The van der Waals surface area contributed by atoms with Gasteiger partial charge in [-0.2, -0.15) is 13.2 Å². The highest BCUT2D eigenvalue weighted by atomic mass is 32.2. The van der Waals surface area contributed by atoms with Crippen LogP contribution in [0.2, 0.25) is 0 Å². The van der Waals surface area contributed by atoms with Crippen LogP contribution in [0.25, 0.3) is 0 Å². The average Bonchev–Trinajstić information content (AvgIpc) is 2.53. The highest BCUT2D eigenvalue weighted by molar-refractivity contribution is 7.92. The van der Waals surface area contributed by atoms with E-state index >= 15 is 0 Å². The number of fused-ring (bicyclic) bond motifs is 1. The van der Waals surface area contributed by atoms with Gasteiger partial charge in [0.25, 0.3) is 5.91 Å². The van der Waals surface area contributed by atoms with E-state index in [1.807, 2.05) is 0 Å². The number of ether oxygens (including phenoxy) is 1. The molecule has 1 amide bonds. The van der Waals surface area contributed by atoms with E-state index in [4.69, 9.17) is 4.74 Å². The Hall–Kier alpha value is -2.75. The minimum atomic E-state index is -4.67. The number of hydrogen-bond donors (Lipinski definition) is 1. The zero-order valence-corrected chi connectivity index (χ0v) is 16.0. The first-order chi connectivity index (χ1) is 12.8. The molecule has 1 N–H and O–H groups in total. The maximum Gasteiger partial charge on any atom is 0.418 e. The van der Waals surface area contributed by atoms with Gasteiger partial charge in [-0.15, -0.1) is 0 Å². The van der Waals surface area contributed by atoms with Gasteiger partial charge in [0.15, 0.2) is 5.60 Å². The van der Waals surface area contributed by atoms with E-state index in [0.717, 1.165) is 17.2 Å². The number of para-hydroxylation sites is 1. The molecule has 0 unspecified atom stereocenters. The number of alkyl halides is 3. The first-order valence-corrected chi connectivity index (χ1v) is 10.0. The lowest BCUT2D eigenvalue weighted by atomic mass is 10.0. The van der Waals surface area contributed by atoms with Crippen molar-refractivity contribution >= 4 is 33.0 Å². The van der Waals surface area contributed by atoms with Crippen molar-refractivity contribution in [3.8, 4) is 5.75 Å². The van der Waals surface area contributed by atoms with E-state index in [1.54, 1.807) is 0 Å². The Kier molecular flexibility index (Phi) is 4.57. The summed E-state index contributed by atoms with van der Waals surface area (Å²) in [7, 11) is -3.57. The van der Waals surface area contributed by atoms with E-state index in [1.165, 1.54) is 50.2 Å². The average molecular weight is 414 g/mol. The molecule has 0 aromatic heterocycles. The van der Waals surface area contributed by atoms with Crippen molar-refractivity contribution in [2.75, 3.05) is 15.9 Å². The molecule has 1 aliphatic rings. The standard InChI is InChI=1S/C18H17F3N2O4S/c1-17(2)16(24)23(13-7-5-4-6-12(13)18(19,20)21)14-9-8-11(10-15(14)27-17)22-28(3,25)26/h4-10,22H,1-3H3. The first-order valence-electron chi connectivity index (χ1n) is 8.11. The lowest BCUT2D eigenvalue weighted by molar-refractivity contribution is -0.137. The molecule has 0 atom stereocenters. The Balaban J connectivity index is 2.20. The van der Waals surface area contributed by atoms with E-state index in [9.17, 15) is 26.4 Å². The smallest absolute Gasteiger partial charge is 0.418 e. The molecule has 1 heterocycles. The van der Waals surface area contributed by atoms with Crippen molar-refractivity contribution in [1.29, 1.82) is 0 Å². The normalized spacial score (nSPS) is 16.4.